The van der Waals surface area contributed by atoms with Crippen molar-refractivity contribution in [3.05, 3.63) is 54.7 Å². The van der Waals surface area contributed by atoms with Crippen molar-refractivity contribution in [1.29, 1.82) is 0 Å². The van der Waals surface area contributed by atoms with Gasteiger partial charge in [-0.15, -0.1) is 0 Å². The Labute approximate surface area is 114 Å². The fraction of sp³-hybridized carbons (Fsp3) is 0.0667. The van der Waals surface area contributed by atoms with Crippen LogP contribution in [-0.2, 0) is 0 Å². The fourth-order valence-electron chi connectivity index (χ4n) is 2.44. The molecule has 20 heavy (non-hydrogen) atoms. The van der Waals surface area contributed by atoms with Crippen LogP contribution in [0.1, 0.15) is 5.69 Å². The van der Waals surface area contributed by atoms with Crippen LogP contribution in [0.5, 0.6) is 0 Å². The molecule has 0 aliphatic carbocycles. The van der Waals surface area contributed by atoms with Crippen molar-refractivity contribution in [1.82, 2.24) is 24.7 Å². The molecule has 0 fully saturated rings. The van der Waals surface area contributed by atoms with E-state index in [4.69, 9.17) is 0 Å². The second-order valence-corrected chi connectivity index (χ2v) is 4.62. The first kappa shape index (κ1) is 11.0. The van der Waals surface area contributed by atoms with Gasteiger partial charge in [0.25, 0.3) is 0 Å². The maximum absolute atomic E-state index is 4.60. The normalized spacial score (nSPS) is 11.2. The van der Waals surface area contributed by atoms with Gasteiger partial charge in [0.15, 0.2) is 5.65 Å². The van der Waals surface area contributed by atoms with Crippen LogP contribution in [0.25, 0.3) is 27.6 Å². The Balaban J connectivity index is 2.13. The maximum Gasteiger partial charge on any atom is 0.165 e. The smallest absolute Gasteiger partial charge is 0.165 e. The summed E-state index contributed by atoms with van der Waals surface area (Å²) in [4.78, 5) is 12.9. The number of hydrogen-bond acceptors (Lipinski definition) is 4. The zero-order valence-corrected chi connectivity index (χ0v) is 10.9. The van der Waals surface area contributed by atoms with Gasteiger partial charge in [0.1, 0.15) is 6.33 Å². The quantitative estimate of drug-likeness (QED) is 0.528. The Hall–Kier alpha value is -2.82. The van der Waals surface area contributed by atoms with Crippen LogP contribution in [0, 0.1) is 6.92 Å². The van der Waals surface area contributed by atoms with Crippen LogP contribution in [0.3, 0.4) is 0 Å². The van der Waals surface area contributed by atoms with Crippen LogP contribution in [0.2, 0.25) is 0 Å². The molecule has 0 atom stereocenters. The van der Waals surface area contributed by atoms with Crippen molar-refractivity contribution in [2.45, 2.75) is 6.92 Å². The maximum atomic E-state index is 4.60. The standard InChI is InChI=1S/C15H11N5/c1-10-13-14-11(7-16-9-18-14)8-17-15(13)20(19-10)12-5-3-2-4-6-12/h2-9H,1H3. The summed E-state index contributed by atoms with van der Waals surface area (Å²) in [7, 11) is 0. The predicted molar refractivity (Wildman–Crippen MR) is 76.7 cm³/mol. The lowest BCUT2D eigenvalue weighted by molar-refractivity contribution is 0.878. The topological polar surface area (TPSA) is 56.5 Å². The Morgan fingerprint density at radius 2 is 1.85 bits per heavy atom. The Kier molecular flexibility index (Phi) is 2.26. The van der Waals surface area contributed by atoms with Crippen LogP contribution in [0.4, 0.5) is 0 Å². The third kappa shape index (κ3) is 1.50. The van der Waals surface area contributed by atoms with E-state index >= 15 is 0 Å². The van der Waals surface area contributed by atoms with E-state index in [2.05, 4.69) is 20.1 Å². The number of benzene rings is 1. The van der Waals surface area contributed by atoms with E-state index in [-0.39, 0.29) is 0 Å². The summed E-state index contributed by atoms with van der Waals surface area (Å²) in [5, 5.41) is 6.51. The molecule has 0 saturated carbocycles. The summed E-state index contributed by atoms with van der Waals surface area (Å²) in [6, 6.07) is 9.98. The van der Waals surface area contributed by atoms with Crippen molar-refractivity contribution < 1.29 is 0 Å². The molecule has 3 heterocycles. The predicted octanol–water partition coefficient (Wildman–Crippen LogP) is 2.67. The molecule has 0 saturated heterocycles. The number of hydrogen-bond donors (Lipinski definition) is 0. The summed E-state index contributed by atoms with van der Waals surface area (Å²) >= 11 is 0. The second-order valence-electron chi connectivity index (χ2n) is 4.62. The highest BCUT2D eigenvalue weighted by Crippen LogP contribution is 2.25. The highest BCUT2D eigenvalue weighted by molar-refractivity contribution is 6.03. The molecule has 0 radical (unpaired) electrons. The Bertz CT molecular complexity index is 912. The summed E-state index contributed by atoms with van der Waals surface area (Å²) in [5.74, 6) is 0. The third-order valence-corrected chi connectivity index (χ3v) is 3.34. The molecule has 0 aliphatic heterocycles. The van der Waals surface area contributed by atoms with Gasteiger partial charge in [-0.1, -0.05) is 18.2 Å². The van der Waals surface area contributed by atoms with Gasteiger partial charge in [-0.3, -0.25) is 0 Å². The molecule has 5 nitrogen and oxygen atoms in total. The molecule has 5 heteroatoms. The minimum atomic E-state index is 0.819. The minimum absolute atomic E-state index is 0.819. The average Bonchev–Trinajstić information content (AvgIpc) is 2.86. The van der Waals surface area contributed by atoms with Crippen molar-refractivity contribution in [2.75, 3.05) is 0 Å². The molecule has 0 aliphatic rings. The summed E-state index contributed by atoms with van der Waals surface area (Å²) in [5.41, 5.74) is 3.62. The van der Waals surface area contributed by atoms with Crippen molar-refractivity contribution in [2.24, 2.45) is 0 Å². The summed E-state index contributed by atoms with van der Waals surface area (Å²) in [6.45, 7) is 1.98. The Morgan fingerprint density at radius 1 is 1.00 bits per heavy atom. The highest BCUT2D eigenvalue weighted by atomic mass is 15.3. The first-order valence-corrected chi connectivity index (χ1v) is 6.34. The first-order chi connectivity index (χ1) is 9.84. The lowest BCUT2D eigenvalue weighted by Crippen LogP contribution is -1.97. The van der Waals surface area contributed by atoms with Gasteiger partial charge in [0.2, 0.25) is 0 Å². The van der Waals surface area contributed by atoms with E-state index in [1.54, 1.807) is 18.7 Å². The zero-order valence-electron chi connectivity index (χ0n) is 10.9. The SMILES string of the molecule is Cc1nn(-c2ccccc2)c2ncc3cncnc3c12. The number of aromatic nitrogens is 5. The van der Waals surface area contributed by atoms with Crippen LogP contribution in [0.15, 0.2) is 49.1 Å². The molecule has 4 aromatic rings. The lowest BCUT2D eigenvalue weighted by atomic mass is 10.2. The van der Waals surface area contributed by atoms with Gasteiger partial charge in [0, 0.05) is 17.8 Å². The van der Waals surface area contributed by atoms with Gasteiger partial charge >= 0.3 is 0 Å². The number of fused-ring (bicyclic) bond motifs is 3. The molecule has 0 N–H and O–H groups in total. The summed E-state index contributed by atoms with van der Waals surface area (Å²) in [6.07, 6.45) is 5.12. The van der Waals surface area contributed by atoms with Crippen LogP contribution >= 0.6 is 0 Å². The van der Waals surface area contributed by atoms with Gasteiger partial charge in [-0.05, 0) is 19.1 Å². The third-order valence-electron chi connectivity index (χ3n) is 3.34. The van der Waals surface area contributed by atoms with E-state index in [9.17, 15) is 0 Å². The van der Waals surface area contributed by atoms with Crippen molar-refractivity contribution >= 4 is 21.9 Å². The molecular formula is C15H11N5. The van der Waals surface area contributed by atoms with Crippen LogP contribution in [-0.4, -0.2) is 24.7 Å². The van der Waals surface area contributed by atoms with Crippen molar-refractivity contribution in [3.8, 4) is 5.69 Å². The molecule has 0 bridgehead atoms. The molecule has 0 amide bonds. The molecule has 3 aromatic heterocycles. The Morgan fingerprint density at radius 3 is 2.70 bits per heavy atom. The number of pyridine rings is 1. The number of aryl methyl sites for hydroxylation is 1. The fourth-order valence-corrected chi connectivity index (χ4v) is 2.44. The van der Waals surface area contributed by atoms with Gasteiger partial charge < -0.3 is 0 Å². The number of para-hydroxylation sites is 1. The molecule has 1 aromatic carbocycles. The van der Waals surface area contributed by atoms with E-state index in [1.807, 2.05) is 41.9 Å². The van der Waals surface area contributed by atoms with E-state index in [0.29, 0.717) is 0 Å². The largest absolute Gasteiger partial charge is 0.244 e. The van der Waals surface area contributed by atoms with Crippen LogP contribution < -0.4 is 0 Å². The average molecular weight is 261 g/mol. The highest BCUT2D eigenvalue weighted by Gasteiger charge is 2.13. The van der Waals surface area contributed by atoms with E-state index in [0.717, 1.165) is 33.3 Å². The zero-order chi connectivity index (χ0) is 13.5. The summed E-state index contributed by atoms with van der Waals surface area (Å²) < 4.78 is 1.85. The molecule has 0 unspecified atom stereocenters. The second kappa shape index (κ2) is 4.09. The van der Waals surface area contributed by atoms with E-state index in [1.165, 1.54) is 0 Å². The number of rotatable bonds is 1. The monoisotopic (exact) mass is 261 g/mol. The first-order valence-electron chi connectivity index (χ1n) is 6.34. The molecule has 4 rings (SSSR count). The lowest BCUT2D eigenvalue weighted by Gasteiger charge is -2.02. The van der Waals surface area contributed by atoms with E-state index < -0.39 is 0 Å². The minimum Gasteiger partial charge on any atom is -0.244 e. The molecular weight excluding hydrogens is 250 g/mol. The van der Waals surface area contributed by atoms with Crippen molar-refractivity contribution in [3.63, 3.8) is 0 Å². The number of nitrogens with zero attached hydrogens (tertiary/aromatic N) is 5. The van der Waals surface area contributed by atoms with Gasteiger partial charge in [-0.2, -0.15) is 5.10 Å². The molecule has 96 valence electrons. The molecule has 0 spiro atoms. The van der Waals surface area contributed by atoms with Gasteiger partial charge in [0.05, 0.1) is 22.3 Å². The van der Waals surface area contributed by atoms with Gasteiger partial charge in [-0.25, -0.2) is 19.6 Å².